The smallest absolute Gasteiger partial charge is 0.341 e. The number of carboxylic acid groups (broad SMARTS) is 1. The average Bonchev–Trinajstić information content (AvgIpc) is 2.71. The van der Waals surface area contributed by atoms with Gasteiger partial charge in [-0.2, -0.15) is 0 Å². The van der Waals surface area contributed by atoms with E-state index in [4.69, 9.17) is 14.4 Å². The van der Waals surface area contributed by atoms with Crippen molar-refractivity contribution in [2.75, 3.05) is 0 Å². The molecule has 1 N–H and O–H groups in total. The molecule has 19 heavy (non-hydrogen) atoms. The number of benzene rings is 1. The van der Waals surface area contributed by atoms with Crippen LogP contribution in [0, 0.1) is 6.92 Å². The van der Waals surface area contributed by atoms with Gasteiger partial charge in [0.1, 0.15) is 11.3 Å². The first-order valence-electron chi connectivity index (χ1n) is 5.47. The van der Waals surface area contributed by atoms with E-state index in [0.29, 0.717) is 17.0 Å². The Morgan fingerprint density at radius 3 is 2.42 bits per heavy atom. The number of esters is 1. The Balaban J connectivity index is 2.37. The zero-order valence-corrected chi connectivity index (χ0v) is 10.3. The highest BCUT2D eigenvalue weighted by Crippen LogP contribution is 2.27. The van der Waals surface area contributed by atoms with Crippen molar-refractivity contribution in [1.82, 2.24) is 5.16 Å². The summed E-state index contributed by atoms with van der Waals surface area (Å²) in [5, 5.41) is 12.7. The summed E-state index contributed by atoms with van der Waals surface area (Å²) in [5.74, 6) is -0.962. The highest BCUT2D eigenvalue weighted by Gasteiger charge is 2.20. The van der Waals surface area contributed by atoms with Gasteiger partial charge in [-0.25, -0.2) is 4.79 Å². The van der Waals surface area contributed by atoms with Crippen LogP contribution in [0.5, 0.6) is 5.75 Å². The Hall–Kier alpha value is -2.63. The molecule has 0 atom stereocenters. The summed E-state index contributed by atoms with van der Waals surface area (Å²) < 4.78 is 9.91. The maximum Gasteiger partial charge on any atom is 0.341 e. The number of nitrogens with zero attached hydrogens (tertiary/aromatic N) is 1. The van der Waals surface area contributed by atoms with Crippen molar-refractivity contribution >= 4 is 11.9 Å². The second-order valence-electron chi connectivity index (χ2n) is 3.90. The van der Waals surface area contributed by atoms with Gasteiger partial charge < -0.3 is 14.4 Å². The quantitative estimate of drug-likeness (QED) is 0.673. The molecule has 6 nitrogen and oxygen atoms in total. The third-order valence-electron chi connectivity index (χ3n) is 2.45. The number of carboxylic acids is 1. The fourth-order valence-corrected chi connectivity index (χ4v) is 1.66. The molecule has 0 aliphatic rings. The van der Waals surface area contributed by atoms with E-state index in [2.05, 4.69) is 5.16 Å². The molecule has 2 aromatic rings. The van der Waals surface area contributed by atoms with Crippen molar-refractivity contribution in [3.63, 3.8) is 0 Å². The number of carbonyl (C=O) groups is 2. The molecule has 1 heterocycles. The van der Waals surface area contributed by atoms with Crippen LogP contribution in [0.15, 0.2) is 28.8 Å². The van der Waals surface area contributed by atoms with Gasteiger partial charge in [0.15, 0.2) is 5.76 Å². The van der Waals surface area contributed by atoms with Gasteiger partial charge in [-0.15, -0.1) is 0 Å². The fourth-order valence-electron chi connectivity index (χ4n) is 1.66. The largest absolute Gasteiger partial charge is 0.477 e. The summed E-state index contributed by atoms with van der Waals surface area (Å²) in [6.07, 6.45) is 0. The third kappa shape index (κ3) is 2.62. The van der Waals surface area contributed by atoms with Gasteiger partial charge in [0.05, 0.1) is 5.69 Å². The van der Waals surface area contributed by atoms with E-state index in [1.165, 1.54) is 6.92 Å². The Bertz CT molecular complexity index is 627. The highest BCUT2D eigenvalue weighted by molar-refractivity contribution is 5.95. The third-order valence-corrected chi connectivity index (χ3v) is 2.45. The molecule has 1 aromatic carbocycles. The molecule has 1 aromatic heterocycles. The molecular weight excluding hydrogens is 250 g/mol. The number of rotatable bonds is 3. The van der Waals surface area contributed by atoms with Crippen molar-refractivity contribution in [2.24, 2.45) is 0 Å². The number of aromatic nitrogens is 1. The number of hydrogen-bond acceptors (Lipinski definition) is 5. The first-order valence-corrected chi connectivity index (χ1v) is 5.47. The number of aromatic carboxylic acids is 1. The Labute approximate surface area is 108 Å². The first kappa shape index (κ1) is 12.8. The molecule has 0 spiro atoms. The van der Waals surface area contributed by atoms with Crippen molar-refractivity contribution in [2.45, 2.75) is 13.8 Å². The summed E-state index contributed by atoms with van der Waals surface area (Å²) in [6.45, 7) is 2.86. The van der Waals surface area contributed by atoms with E-state index in [1.54, 1.807) is 31.2 Å². The zero-order chi connectivity index (χ0) is 14.0. The van der Waals surface area contributed by atoms with E-state index in [1.807, 2.05) is 0 Å². The van der Waals surface area contributed by atoms with Gasteiger partial charge in [0, 0.05) is 12.5 Å². The summed E-state index contributed by atoms with van der Waals surface area (Å²) in [6, 6.07) is 6.32. The fraction of sp³-hybridized carbons (Fsp3) is 0.154. The highest BCUT2D eigenvalue weighted by atomic mass is 16.5. The lowest BCUT2D eigenvalue weighted by atomic mass is 10.1. The predicted molar refractivity (Wildman–Crippen MR) is 64.9 cm³/mol. The standard InChI is InChI=1S/C13H11NO5/c1-7-11(13(16)17)12(19-14-7)9-3-5-10(6-4-9)18-8(2)15/h3-6H,1-2H3,(H,16,17). The molecular formula is C13H11NO5. The minimum Gasteiger partial charge on any atom is -0.477 e. The van der Waals surface area contributed by atoms with Crippen molar-refractivity contribution in [3.8, 4) is 17.1 Å². The van der Waals surface area contributed by atoms with Gasteiger partial charge in [-0.3, -0.25) is 4.79 Å². The van der Waals surface area contributed by atoms with Gasteiger partial charge >= 0.3 is 11.9 Å². The topological polar surface area (TPSA) is 89.6 Å². The molecule has 0 radical (unpaired) electrons. The lowest BCUT2D eigenvalue weighted by Crippen LogP contribution is -2.01. The summed E-state index contributed by atoms with van der Waals surface area (Å²) >= 11 is 0. The summed E-state index contributed by atoms with van der Waals surface area (Å²) in [5.41, 5.74) is 0.890. The Morgan fingerprint density at radius 1 is 1.26 bits per heavy atom. The maximum absolute atomic E-state index is 11.1. The van der Waals surface area contributed by atoms with Crippen LogP contribution in [0.3, 0.4) is 0 Å². The number of hydrogen-bond donors (Lipinski definition) is 1. The SMILES string of the molecule is CC(=O)Oc1ccc(-c2onc(C)c2C(=O)O)cc1. The second kappa shape index (κ2) is 4.93. The van der Waals surface area contributed by atoms with Crippen LogP contribution in [-0.4, -0.2) is 22.2 Å². The Morgan fingerprint density at radius 2 is 1.89 bits per heavy atom. The molecule has 2 rings (SSSR count). The average molecular weight is 261 g/mol. The molecule has 0 aliphatic heterocycles. The van der Waals surface area contributed by atoms with E-state index < -0.39 is 11.9 Å². The van der Waals surface area contributed by atoms with E-state index in [-0.39, 0.29) is 11.3 Å². The van der Waals surface area contributed by atoms with Crippen LogP contribution in [0.25, 0.3) is 11.3 Å². The molecule has 0 fully saturated rings. The van der Waals surface area contributed by atoms with E-state index in [0.717, 1.165) is 0 Å². The summed E-state index contributed by atoms with van der Waals surface area (Å²) in [7, 11) is 0. The van der Waals surface area contributed by atoms with Crippen LogP contribution in [-0.2, 0) is 4.79 Å². The van der Waals surface area contributed by atoms with Gasteiger partial charge in [-0.05, 0) is 31.2 Å². The predicted octanol–water partition coefficient (Wildman–Crippen LogP) is 2.27. The van der Waals surface area contributed by atoms with Crippen molar-refractivity contribution in [1.29, 1.82) is 0 Å². The number of ether oxygens (including phenoxy) is 1. The summed E-state index contributed by atoms with van der Waals surface area (Å²) in [4.78, 5) is 21.9. The molecule has 98 valence electrons. The van der Waals surface area contributed by atoms with E-state index >= 15 is 0 Å². The van der Waals surface area contributed by atoms with Gasteiger partial charge in [-0.1, -0.05) is 5.16 Å². The van der Waals surface area contributed by atoms with Crippen LogP contribution >= 0.6 is 0 Å². The van der Waals surface area contributed by atoms with Crippen LogP contribution < -0.4 is 4.74 Å². The number of aryl methyl sites for hydroxylation is 1. The lowest BCUT2D eigenvalue weighted by molar-refractivity contribution is -0.131. The van der Waals surface area contributed by atoms with Crippen LogP contribution in [0.4, 0.5) is 0 Å². The molecule has 0 saturated heterocycles. The van der Waals surface area contributed by atoms with Crippen LogP contribution in [0.1, 0.15) is 23.0 Å². The second-order valence-corrected chi connectivity index (χ2v) is 3.90. The van der Waals surface area contributed by atoms with Gasteiger partial charge in [0.25, 0.3) is 0 Å². The monoisotopic (exact) mass is 261 g/mol. The molecule has 0 unspecified atom stereocenters. The minimum atomic E-state index is -1.10. The van der Waals surface area contributed by atoms with Crippen molar-refractivity contribution in [3.05, 3.63) is 35.5 Å². The van der Waals surface area contributed by atoms with Crippen molar-refractivity contribution < 1.29 is 24.0 Å². The molecule has 0 aliphatic carbocycles. The first-order chi connectivity index (χ1) is 8.99. The van der Waals surface area contributed by atoms with Gasteiger partial charge in [0.2, 0.25) is 0 Å². The molecule has 0 amide bonds. The lowest BCUT2D eigenvalue weighted by Gasteiger charge is -2.02. The van der Waals surface area contributed by atoms with Crippen LogP contribution in [0.2, 0.25) is 0 Å². The molecule has 6 heteroatoms. The maximum atomic E-state index is 11.1. The zero-order valence-electron chi connectivity index (χ0n) is 10.3. The molecule has 0 saturated carbocycles. The minimum absolute atomic E-state index is 0.0280. The van der Waals surface area contributed by atoms with E-state index in [9.17, 15) is 9.59 Å². The molecule has 0 bridgehead atoms. The Kier molecular flexibility index (Phi) is 3.33. The number of carbonyl (C=O) groups excluding carboxylic acids is 1. The normalized spacial score (nSPS) is 10.2.